The lowest BCUT2D eigenvalue weighted by Crippen LogP contribution is -2.00. The van der Waals surface area contributed by atoms with E-state index in [9.17, 15) is 4.39 Å². The monoisotopic (exact) mass is 146 g/mol. The minimum Gasteiger partial charge on any atom is -0.243 e. The summed E-state index contributed by atoms with van der Waals surface area (Å²) in [7, 11) is 0. The molecule has 1 rings (SSSR count). The Bertz CT molecular complexity index is 170. The first-order chi connectivity index (χ1) is 4.20. The van der Waals surface area contributed by atoms with Crippen LogP contribution in [0.2, 0.25) is 0 Å². The molecule has 0 aromatic heterocycles. The van der Waals surface area contributed by atoms with Gasteiger partial charge in [-0.2, -0.15) is 0 Å². The fourth-order valence-corrected chi connectivity index (χ4v) is 0.950. The van der Waals surface area contributed by atoms with E-state index >= 15 is 0 Å². The molecule has 9 heavy (non-hydrogen) atoms. The maximum Gasteiger partial charge on any atom is 0.123 e. The van der Waals surface area contributed by atoms with E-state index in [0.29, 0.717) is 11.5 Å². The van der Waals surface area contributed by atoms with Crippen molar-refractivity contribution in [2.45, 2.75) is 19.5 Å². The molecule has 50 valence electrons. The summed E-state index contributed by atoms with van der Waals surface area (Å²) in [5, 5.41) is 0.644. The second-order valence-corrected chi connectivity index (χ2v) is 2.62. The number of rotatable bonds is 0. The van der Waals surface area contributed by atoms with E-state index < -0.39 is 6.17 Å². The van der Waals surface area contributed by atoms with Gasteiger partial charge in [0, 0.05) is 11.5 Å². The van der Waals surface area contributed by atoms with Crippen LogP contribution < -0.4 is 0 Å². The van der Waals surface area contributed by atoms with Crippen molar-refractivity contribution in [2.24, 2.45) is 0 Å². The van der Waals surface area contributed by atoms with Crippen molar-refractivity contribution >= 4 is 11.6 Å². The zero-order valence-corrected chi connectivity index (χ0v) is 5.95. The molecule has 0 heterocycles. The first-order valence-electron chi connectivity index (χ1n) is 2.87. The van der Waals surface area contributed by atoms with Crippen LogP contribution in [-0.2, 0) is 0 Å². The summed E-state index contributed by atoms with van der Waals surface area (Å²) in [6.45, 7) is 1.88. The molecule has 1 unspecified atom stereocenters. The van der Waals surface area contributed by atoms with E-state index in [2.05, 4.69) is 0 Å². The summed E-state index contributed by atoms with van der Waals surface area (Å²) < 4.78 is 12.4. The quantitative estimate of drug-likeness (QED) is 0.493. The lowest BCUT2D eigenvalue weighted by molar-refractivity contribution is 0.398. The van der Waals surface area contributed by atoms with Gasteiger partial charge in [0.2, 0.25) is 0 Å². The molecule has 0 bridgehead atoms. The van der Waals surface area contributed by atoms with Crippen molar-refractivity contribution in [3.8, 4) is 0 Å². The van der Waals surface area contributed by atoms with Crippen LogP contribution in [0.1, 0.15) is 13.3 Å². The van der Waals surface area contributed by atoms with Crippen LogP contribution >= 0.6 is 11.6 Å². The maximum atomic E-state index is 12.4. The fourth-order valence-electron chi connectivity index (χ4n) is 0.739. The highest BCUT2D eigenvalue weighted by atomic mass is 35.5. The standard InChI is InChI=1S/C7H8ClF/c1-5-2-3-6(9)4-7(5)8/h2-3,6H,4H2,1H3. The molecule has 0 aromatic carbocycles. The predicted molar refractivity (Wildman–Crippen MR) is 37.2 cm³/mol. The van der Waals surface area contributed by atoms with Gasteiger partial charge in [0.25, 0.3) is 0 Å². The third-order valence-electron chi connectivity index (χ3n) is 1.36. The van der Waals surface area contributed by atoms with Crippen molar-refractivity contribution in [2.75, 3.05) is 0 Å². The highest BCUT2D eigenvalue weighted by Crippen LogP contribution is 2.23. The van der Waals surface area contributed by atoms with E-state index in [-0.39, 0.29) is 0 Å². The Hall–Kier alpha value is -0.300. The van der Waals surface area contributed by atoms with Crippen molar-refractivity contribution in [1.82, 2.24) is 0 Å². The predicted octanol–water partition coefficient (Wildman–Crippen LogP) is 2.80. The Morgan fingerprint density at radius 3 is 2.89 bits per heavy atom. The second-order valence-electron chi connectivity index (χ2n) is 2.17. The van der Waals surface area contributed by atoms with Gasteiger partial charge in [-0.3, -0.25) is 0 Å². The summed E-state index contributed by atoms with van der Waals surface area (Å²) in [6.07, 6.45) is 2.72. The SMILES string of the molecule is CC1=C(Cl)CC(F)C=C1. The molecule has 0 aromatic rings. The third kappa shape index (κ3) is 1.55. The van der Waals surface area contributed by atoms with Crippen LogP contribution in [0, 0.1) is 0 Å². The summed E-state index contributed by atoms with van der Waals surface area (Å²) >= 11 is 5.65. The highest BCUT2D eigenvalue weighted by Gasteiger charge is 2.10. The number of allylic oxidation sites excluding steroid dienone is 4. The molecule has 0 spiro atoms. The average Bonchev–Trinajstić information content (AvgIpc) is 1.80. The van der Waals surface area contributed by atoms with Crippen molar-refractivity contribution < 1.29 is 4.39 Å². The van der Waals surface area contributed by atoms with Gasteiger partial charge >= 0.3 is 0 Å². The summed E-state index contributed by atoms with van der Waals surface area (Å²) in [6, 6.07) is 0. The Kier molecular flexibility index (Phi) is 1.91. The van der Waals surface area contributed by atoms with Gasteiger partial charge in [-0.15, -0.1) is 0 Å². The topological polar surface area (TPSA) is 0 Å². The zero-order valence-electron chi connectivity index (χ0n) is 5.20. The van der Waals surface area contributed by atoms with Crippen LogP contribution in [0.3, 0.4) is 0 Å². The van der Waals surface area contributed by atoms with Crippen molar-refractivity contribution in [1.29, 1.82) is 0 Å². The third-order valence-corrected chi connectivity index (χ3v) is 1.81. The van der Waals surface area contributed by atoms with Crippen LogP contribution in [0.15, 0.2) is 22.8 Å². The molecule has 1 aliphatic carbocycles. The lowest BCUT2D eigenvalue weighted by Gasteiger charge is -2.08. The maximum absolute atomic E-state index is 12.4. The molecule has 0 radical (unpaired) electrons. The van der Waals surface area contributed by atoms with Crippen LogP contribution in [0.4, 0.5) is 4.39 Å². The van der Waals surface area contributed by atoms with Gasteiger partial charge in [-0.1, -0.05) is 23.8 Å². The Labute approximate surface area is 59.0 Å². The van der Waals surface area contributed by atoms with E-state index in [1.165, 1.54) is 6.08 Å². The van der Waals surface area contributed by atoms with E-state index in [0.717, 1.165) is 5.57 Å². The van der Waals surface area contributed by atoms with Crippen LogP contribution in [0.5, 0.6) is 0 Å². The molecule has 0 saturated heterocycles. The molecule has 0 fully saturated rings. The van der Waals surface area contributed by atoms with Gasteiger partial charge in [-0.05, 0) is 12.5 Å². The first-order valence-corrected chi connectivity index (χ1v) is 3.25. The van der Waals surface area contributed by atoms with Crippen molar-refractivity contribution in [3.63, 3.8) is 0 Å². The molecular weight excluding hydrogens is 139 g/mol. The Morgan fingerprint density at radius 1 is 1.78 bits per heavy atom. The highest BCUT2D eigenvalue weighted by molar-refractivity contribution is 6.30. The summed E-state index contributed by atoms with van der Waals surface area (Å²) in [5.41, 5.74) is 0.977. The molecular formula is C7H8ClF. The van der Waals surface area contributed by atoms with E-state index in [1.807, 2.05) is 6.92 Å². The number of alkyl halides is 1. The second kappa shape index (κ2) is 2.53. The molecule has 0 aliphatic heterocycles. The van der Waals surface area contributed by atoms with Gasteiger partial charge in [-0.25, -0.2) is 4.39 Å². The molecule has 2 heteroatoms. The normalized spacial score (nSPS) is 27.2. The smallest absolute Gasteiger partial charge is 0.123 e. The van der Waals surface area contributed by atoms with Gasteiger partial charge < -0.3 is 0 Å². The fraction of sp³-hybridized carbons (Fsp3) is 0.429. The number of halogens is 2. The first kappa shape index (κ1) is 6.81. The summed E-state index contributed by atoms with van der Waals surface area (Å²) in [5.74, 6) is 0. The molecule has 0 nitrogen and oxygen atoms in total. The lowest BCUT2D eigenvalue weighted by atomic mass is 10.1. The minimum atomic E-state index is -0.874. The zero-order chi connectivity index (χ0) is 6.85. The number of hydrogen-bond acceptors (Lipinski definition) is 0. The summed E-state index contributed by atoms with van der Waals surface area (Å²) in [4.78, 5) is 0. The minimum absolute atomic E-state index is 0.351. The Balaban J connectivity index is 2.75. The average molecular weight is 147 g/mol. The van der Waals surface area contributed by atoms with E-state index in [1.54, 1.807) is 6.08 Å². The Morgan fingerprint density at radius 2 is 2.44 bits per heavy atom. The van der Waals surface area contributed by atoms with Crippen molar-refractivity contribution in [3.05, 3.63) is 22.8 Å². The van der Waals surface area contributed by atoms with Gasteiger partial charge in [0.1, 0.15) is 6.17 Å². The van der Waals surface area contributed by atoms with Gasteiger partial charge in [0.15, 0.2) is 0 Å². The molecule has 0 amide bonds. The van der Waals surface area contributed by atoms with Crippen LogP contribution in [-0.4, -0.2) is 6.17 Å². The molecule has 0 saturated carbocycles. The van der Waals surface area contributed by atoms with E-state index in [4.69, 9.17) is 11.6 Å². The van der Waals surface area contributed by atoms with Crippen LogP contribution in [0.25, 0.3) is 0 Å². The van der Waals surface area contributed by atoms with Gasteiger partial charge in [0.05, 0.1) is 0 Å². The number of hydrogen-bond donors (Lipinski definition) is 0. The molecule has 1 aliphatic rings. The molecule has 1 atom stereocenters. The largest absolute Gasteiger partial charge is 0.243 e. The molecule has 0 N–H and O–H groups in total.